The van der Waals surface area contributed by atoms with Gasteiger partial charge in [-0.25, -0.2) is 0 Å². The molecule has 1 aliphatic carbocycles. The molecule has 0 aliphatic heterocycles. The second-order valence-electron chi connectivity index (χ2n) is 5.28. The van der Waals surface area contributed by atoms with E-state index in [1.165, 1.54) is 18.4 Å². The monoisotopic (exact) mass is 260 g/mol. The van der Waals surface area contributed by atoms with Gasteiger partial charge in [0, 0.05) is 18.2 Å². The zero-order valence-electron chi connectivity index (χ0n) is 11.3. The van der Waals surface area contributed by atoms with Crippen LogP contribution in [-0.2, 0) is 19.6 Å². The van der Waals surface area contributed by atoms with Gasteiger partial charge >= 0.3 is 0 Å². The van der Waals surface area contributed by atoms with E-state index in [0.717, 1.165) is 31.2 Å². The van der Waals surface area contributed by atoms with Crippen molar-refractivity contribution in [1.82, 2.24) is 10.2 Å². The normalized spacial score (nSPS) is 15.3. The third-order valence-corrected chi connectivity index (χ3v) is 3.41. The van der Waals surface area contributed by atoms with Gasteiger partial charge in [0.25, 0.3) is 0 Å². The summed E-state index contributed by atoms with van der Waals surface area (Å²) in [6, 6.07) is 6.69. The van der Waals surface area contributed by atoms with Crippen LogP contribution in [0.2, 0.25) is 0 Å². The first-order chi connectivity index (χ1) is 9.31. The Morgan fingerprint density at radius 2 is 2.11 bits per heavy atom. The molecule has 0 saturated heterocycles. The number of rotatable bonds is 7. The second kappa shape index (κ2) is 5.63. The molecule has 1 saturated carbocycles. The van der Waals surface area contributed by atoms with Crippen molar-refractivity contribution < 1.29 is 8.83 Å². The molecule has 0 amide bonds. The number of furan rings is 2. The Labute approximate surface area is 113 Å². The Balaban J connectivity index is 1.54. The van der Waals surface area contributed by atoms with Gasteiger partial charge in [0.05, 0.1) is 25.6 Å². The van der Waals surface area contributed by atoms with Crippen molar-refractivity contribution in [2.75, 3.05) is 7.05 Å². The van der Waals surface area contributed by atoms with Crippen molar-refractivity contribution in [3.63, 3.8) is 0 Å². The van der Waals surface area contributed by atoms with E-state index in [2.05, 4.69) is 23.3 Å². The lowest BCUT2D eigenvalue weighted by Crippen LogP contribution is -2.20. The van der Waals surface area contributed by atoms with Crippen molar-refractivity contribution in [2.24, 2.45) is 0 Å². The summed E-state index contributed by atoms with van der Waals surface area (Å²) in [7, 11) is 2.09. The molecular formula is C15H20N2O2. The van der Waals surface area contributed by atoms with E-state index in [1.807, 2.05) is 12.1 Å². The zero-order chi connectivity index (χ0) is 13.1. The van der Waals surface area contributed by atoms with E-state index in [4.69, 9.17) is 8.83 Å². The van der Waals surface area contributed by atoms with Crippen LogP contribution in [0.1, 0.15) is 29.9 Å². The molecule has 2 aromatic rings. The van der Waals surface area contributed by atoms with Gasteiger partial charge in [-0.2, -0.15) is 0 Å². The molecule has 0 spiro atoms. The number of nitrogens with one attached hydrogen (secondary N) is 1. The molecule has 2 aromatic heterocycles. The Morgan fingerprint density at radius 1 is 1.21 bits per heavy atom. The van der Waals surface area contributed by atoms with Crippen LogP contribution in [-0.4, -0.2) is 18.0 Å². The average molecular weight is 260 g/mol. The van der Waals surface area contributed by atoms with Crippen molar-refractivity contribution in [3.8, 4) is 0 Å². The molecule has 4 heteroatoms. The van der Waals surface area contributed by atoms with Gasteiger partial charge in [0.1, 0.15) is 11.5 Å². The standard InChI is InChI=1S/C15H20N2O2/c1-17(11-14-3-2-7-18-14)10-12-6-8-19-15(12)9-16-13-4-5-13/h2-3,6-8,13,16H,4-5,9-11H2,1H3. The fourth-order valence-electron chi connectivity index (χ4n) is 2.20. The smallest absolute Gasteiger partial charge is 0.122 e. The predicted octanol–water partition coefficient (Wildman–Crippen LogP) is 2.76. The highest BCUT2D eigenvalue weighted by Gasteiger charge is 2.21. The fraction of sp³-hybridized carbons (Fsp3) is 0.467. The van der Waals surface area contributed by atoms with Gasteiger partial charge in [0.2, 0.25) is 0 Å². The van der Waals surface area contributed by atoms with E-state index in [1.54, 1.807) is 12.5 Å². The molecule has 2 heterocycles. The molecule has 1 fully saturated rings. The topological polar surface area (TPSA) is 41.6 Å². The fourth-order valence-corrected chi connectivity index (χ4v) is 2.20. The Hall–Kier alpha value is -1.52. The van der Waals surface area contributed by atoms with Gasteiger partial charge < -0.3 is 14.2 Å². The molecule has 0 atom stereocenters. The van der Waals surface area contributed by atoms with E-state index < -0.39 is 0 Å². The van der Waals surface area contributed by atoms with E-state index in [9.17, 15) is 0 Å². The van der Waals surface area contributed by atoms with Crippen LogP contribution in [0.4, 0.5) is 0 Å². The molecule has 19 heavy (non-hydrogen) atoms. The average Bonchev–Trinajstić information content (AvgIpc) is 2.89. The van der Waals surface area contributed by atoms with Crippen LogP contribution < -0.4 is 5.32 Å². The maximum absolute atomic E-state index is 5.57. The summed E-state index contributed by atoms with van der Waals surface area (Å²) in [5.41, 5.74) is 1.25. The number of hydrogen-bond donors (Lipinski definition) is 1. The van der Waals surface area contributed by atoms with Crippen molar-refractivity contribution in [3.05, 3.63) is 47.8 Å². The van der Waals surface area contributed by atoms with Crippen LogP contribution in [0, 0.1) is 0 Å². The zero-order valence-corrected chi connectivity index (χ0v) is 11.3. The third kappa shape index (κ3) is 3.49. The minimum Gasteiger partial charge on any atom is -0.468 e. The predicted molar refractivity (Wildman–Crippen MR) is 72.4 cm³/mol. The van der Waals surface area contributed by atoms with Gasteiger partial charge in [-0.15, -0.1) is 0 Å². The minimum atomic E-state index is 0.707. The lowest BCUT2D eigenvalue weighted by molar-refractivity contribution is 0.285. The highest BCUT2D eigenvalue weighted by Crippen LogP contribution is 2.21. The first-order valence-electron chi connectivity index (χ1n) is 6.81. The lowest BCUT2D eigenvalue weighted by Gasteiger charge is -2.15. The molecule has 0 bridgehead atoms. The molecule has 3 rings (SSSR count). The van der Waals surface area contributed by atoms with Crippen LogP contribution in [0.25, 0.3) is 0 Å². The summed E-state index contributed by atoms with van der Waals surface area (Å²) in [6.07, 6.45) is 6.09. The first-order valence-corrected chi connectivity index (χ1v) is 6.81. The Bertz CT molecular complexity index is 500. The molecule has 0 radical (unpaired) electrons. The van der Waals surface area contributed by atoms with Crippen LogP contribution >= 0.6 is 0 Å². The summed E-state index contributed by atoms with van der Waals surface area (Å²) in [6.45, 7) is 2.52. The summed E-state index contributed by atoms with van der Waals surface area (Å²) in [5, 5.41) is 3.49. The number of hydrogen-bond acceptors (Lipinski definition) is 4. The molecule has 1 aliphatic rings. The molecule has 0 unspecified atom stereocenters. The van der Waals surface area contributed by atoms with E-state index in [-0.39, 0.29) is 0 Å². The van der Waals surface area contributed by atoms with E-state index in [0.29, 0.717) is 6.04 Å². The summed E-state index contributed by atoms with van der Waals surface area (Å²) in [4.78, 5) is 2.23. The highest BCUT2D eigenvalue weighted by atomic mass is 16.3. The second-order valence-corrected chi connectivity index (χ2v) is 5.28. The summed E-state index contributed by atoms with van der Waals surface area (Å²) >= 11 is 0. The van der Waals surface area contributed by atoms with Crippen LogP contribution in [0.3, 0.4) is 0 Å². The first kappa shape index (κ1) is 12.5. The van der Waals surface area contributed by atoms with Gasteiger partial charge in [0.15, 0.2) is 0 Å². The highest BCUT2D eigenvalue weighted by molar-refractivity contribution is 5.17. The summed E-state index contributed by atoms with van der Waals surface area (Å²) < 4.78 is 10.9. The van der Waals surface area contributed by atoms with Crippen molar-refractivity contribution >= 4 is 0 Å². The molecule has 102 valence electrons. The Morgan fingerprint density at radius 3 is 2.84 bits per heavy atom. The quantitative estimate of drug-likeness (QED) is 0.831. The largest absolute Gasteiger partial charge is 0.468 e. The van der Waals surface area contributed by atoms with Crippen LogP contribution in [0.15, 0.2) is 39.6 Å². The molecule has 1 N–H and O–H groups in total. The maximum atomic E-state index is 5.57. The van der Waals surface area contributed by atoms with Gasteiger partial charge in [-0.05, 0) is 38.1 Å². The summed E-state index contributed by atoms with van der Waals surface area (Å²) in [5.74, 6) is 2.04. The number of nitrogens with zero attached hydrogens (tertiary/aromatic N) is 1. The van der Waals surface area contributed by atoms with Gasteiger partial charge in [-0.3, -0.25) is 4.90 Å². The molecular weight excluding hydrogens is 240 g/mol. The minimum absolute atomic E-state index is 0.707. The third-order valence-electron chi connectivity index (χ3n) is 3.41. The SMILES string of the molecule is CN(Cc1ccco1)Cc1ccoc1CNC1CC1. The van der Waals surface area contributed by atoms with Crippen LogP contribution in [0.5, 0.6) is 0 Å². The van der Waals surface area contributed by atoms with Crippen molar-refractivity contribution in [1.29, 1.82) is 0 Å². The maximum Gasteiger partial charge on any atom is 0.122 e. The van der Waals surface area contributed by atoms with Crippen molar-refractivity contribution in [2.45, 2.75) is 38.5 Å². The molecule has 4 nitrogen and oxygen atoms in total. The lowest BCUT2D eigenvalue weighted by atomic mass is 10.2. The Kier molecular flexibility index (Phi) is 3.71. The van der Waals surface area contributed by atoms with Gasteiger partial charge in [-0.1, -0.05) is 0 Å². The molecule has 0 aromatic carbocycles. The van der Waals surface area contributed by atoms with E-state index >= 15 is 0 Å².